The van der Waals surface area contributed by atoms with E-state index in [1.165, 1.54) is 39.1 Å². The van der Waals surface area contributed by atoms with E-state index in [1.807, 2.05) is 18.2 Å². The maximum atomic E-state index is 15.9. The molecule has 13 atom stereocenters. The highest BCUT2D eigenvalue weighted by Gasteiger charge is 2.47. The van der Waals surface area contributed by atoms with Gasteiger partial charge >= 0.3 is 0 Å². The Hall–Kier alpha value is -8.97. The lowest BCUT2D eigenvalue weighted by Crippen LogP contribution is -2.63. The van der Waals surface area contributed by atoms with Crippen LogP contribution in [0.3, 0.4) is 0 Å². The molecule has 1 aliphatic carbocycles. The number of nitrogens with one attached hydrogen (secondary N) is 6. The SMILES string of the molecule is C[C@@H]1NC(=O)C[C@@H](C(=O)N2CCC(C(C)(C)C)CC2)CCC(=O)[C@H](Cc2cccc(Cl)c2)CC(=O)[C@](N)([C@@H](C)O)CC(=O)[C@H](Cc2ccc(Cl)cc2)N(C)C(=O)[C@H](Cc2cccc(Cl)c2)NC(=O)[C@H](CC2=CCc3ccccc32)NC(=O)[C@H]([C@@H](C)O)NC(=O)[C@H](CO)N(C)C(=O)[C@H](Cc2cccc(Cl)c2)NC(=O)[C@H](CCS(C)(=O)=O)NC1=O. The summed E-state index contributed by atoms with van der Waals surface area (Å²) in [5.41, 5.74) is 8.30. The molecule has 3 aliphatic rings. The number of likely N-dealkylation sites (tertiary alicyclic amines) is 1. The summed E-state index contributed by atoms with van der Waals surface area (Å²) >= 11 is 25.9. The van der Waals surface area contributed by atoms with Crippen LogP contribution in [0.5, 0.6) is 0 Å². The van der Waals surface area contributed by atoms with Crippen LogP contribution in [0.4, 0.5) is 0 Å². The molecule has 0 radical (unpaired) electrons. The largest absolute Gasteiger partial charge is 0.394 e. The Morgan fingerprint density at radius 1 is 0.585 bits per heavy atom. The zero-order valence-corrected chi connectivity index (χ0v) is 71.6. The number of halogens is 4. The predicted octanol–water partition coefficient (Wildman–Crippen LogP) is 6.26. The number of carbonyl (C=O) groups is 12. The van der Waals surface area contributed by atoms with Crippen LogP contribution in [0.1, 0.15) is 133 Å². The zero-order valence-electron chi connectivity index (χ0n) is 67.8. The van der Waals surface area contributed by atoms with Gasteiger partial charge in [-0.05, 0) is 165 Å². The van der Waals surface area contributed by atoms with Gasteiger partial charge in [-0.3, -0.25) is 57.5 Å². The number of amides is 9. The number of sulfone groups is 1. The lowest BCUT2D eigenvalue weighted by molar-refractivity contribution is -0.145. The molecule has 5 aromatic rings. The van der Waals surface area contributed by atoms with Gasteiger partial charge in [-0.2, -0.15) is 0 Å². The monoisotopic (exact) mass is 1720 g/mol. The van der Waals surface area contributed by atoms with E-state index in [0.29, 0.717) is 70.8 Å². The number of allylic oxidation sites excluding steroid dienone is 1. The number of nitrogens with zero attached hydrogens (tertiary/aromatic N) is 3. The van der Waals surface area contributed by atoms with Gasteiger partial charge in [0, 0.05) is 110 Å². The maximum Gasteiger partial charge on any atom is 0.245 e. The van der Waals surface area contributed by atoms with Crippen molar-refractivity contribution in [3.05, 3.63) is 181 Å². The molecule has 0 spiro atoms. The van der Waals surface area contributed by atoms with Gasteiger partial charge in [0.05, 0.1) is 30.6 Å². The summed E-state index contributed by atoms with van der Waals surface area (Å²) in [5, 5.41) is 51.0. The van der Waals surface area contributed by atoms with E-state index in [-0.39, 0.29) is 64.9 Å². The van der Waals surface area contributed by atoms with Gasteiger partial charge in [0.1, 0.15) is 63.5 Å². The van der Waals surface area contributed by atoms with Crippen LogP contribution in [0, 0.1) is 23.2 Å². The summed E-state index contributed by atoms with van der Waals surface area (Å²) in [6.07, 6.45) is -4.27. The lowest BCUT2D eigenvalue weighted by Gasteiger charge is -2.39. The highest BCUT2D eigenvalue weighted by Crippen LogP contribution is 2.37. The Kier molecular flexibility index (Phi) is 33.9. The molecule has 27 nitrogen and oxygen atoms in total. The topological polar surface area (TPSA) is 408 Å². The lowest BCUT2D eigenvalue weighted by atomic mass is 9.75. The number of aliphatic hydroxyl groups is 3. The first-order valence-corrected chi connectivity index (χ1v) is 43.0. The molecule has 5 aromatic carbocycles. The molecule has 32 heteroatoms. The van der Waals surface area contributed by atoms with Crippen molar-refractivity contribution in [1.29, 1.82) is 0 Å². The Morgan fingerprint density at radius 2 is 1.11 bits per heavy atom. The van der Waals surface area contributed by atoms with E-state index in [9.17, 15) is 42.9 Å². The van der Waals surface area contributed by atoms with Gasteiger partial charge in [-0.15, -0.1) is 0 Å². The second-order valence-electron chi connectivity index (χ2n) is 32.5. The maximum absolute atomic E-state index is 15.9. The van der Waals surface area contributed by atoms with Gasteiger partial charge < -0.3 is 67.7 Å². The number of ketones is 3. The number of hydrogen-bond donors (Lipinski definition) is 10. The first-order valence-electron chi connectivity index (χ1n) is 39.4. The highest BCUT2D eigenvalue weighted by molar-refractivity contribution is 7.90. The second kappa shape index (κ2) is 42.3. The molecular formula is C86H108Cl4N10O17S. The Balaban J connectivity index is 1.25. The van der Waals surface area contributed by atoms with Crippen molar-refractivity contribution in [3.63, 3.8) is 0 Å². The minimum Gasteiger partial charge on any atom is -0.394 e. The van der Waals surface area contributed by atoms with Crippen molar-refractivity contribution in [1.82, 2.24) is 46.6 Å². The van der Waals surface area contributed by atoms with Crippen molar-refractivity contribution in [2.75, 3.05) is 45.8 Å². The van der Waals surface area contributed by atoms with Crippen molar-refractivity contribution < 1.29 is 81.3 Å². The van der Waals surface area contributed by atoms with E-state index in [4.69, 9.17) is 52.1 Å². The van der Waals surface area contributed by atoms with Gasteiger partial charge in [0.15, 0.2) is 11.6 Å². The Bertz CT molecular complexity index is 4650. The third-order valence-electron chi connectivity index (χ3n) is 22.5. The van der Waals surface area contributed by atoms with Crippen LogP contribution in [-0.4, -0.2) is 221 Å². The van der Waals surface area contributed by atoms with Gasteiger partial charge in [0.25, 0.3) is 0 Å². The first-order chi connectivity index (χ1) is 55.5. The summed E-state index contributed by atoms with van der Waals surface area (Å²) in [7, 11) is -1.52. The number of benzene rings is 5. The number of nitrogens with two attached hydrogens (primary N) is 1. The number of rotatable bonds is 17. The molecule has 0 aromatic heterocycles. The van der Waals surface area contributed by atoms with Crippen molar-refractivity contribution >= 4 is 132 Å². The summed E-state index contributed by atoms with van der Waals surface area (Å²) < 4.78 is 25.7. The summed E-state index contributed by atoms with van der Waals surface area (Å²) in [4.78, 5) is 185. The molecule has 0 unspecified atom stereocenters. The van der Waals surface area contributed by atoms with Gasteiger partial charge in [0.2, 0.25) is 53.2 Å². The molecule has 2 aliphatic heterocycles. The Morgan fingerprint density at radius 3 is 1.64 bits per heavy atom. The molecule has 118 heavy (non-hydrogen) atoms. The molecule has 0 saturated carbocycles. The number of fused-ring (bicyclic) bond motifs is 1. The van der Waals surface area contributed by atoms with Crippen LogP contribution < -0.4 is 37.6 Å². The summed E-state index contributed by atoms with van der Waals surface area (Å²) in [6, 6.07) is 18.7. The van der Waals surface area contributed by atoms with Crippen LogP contribution in [0.25, 0.3) is 5.57 Å². The van der Waals surface area contributed by atoms with Crippen molar-refractivity contribution in [2.45, 2.75) is 198 Å². The number of hydrogen-bond acceptors (Lipinski definition) is 18. The molecule has 8 rings (SSSR count). The predicted molar refractivity (Wildman–Crippen MR) is 449 cm³/mol. The van der Waals surface area contributed by atoms with Gasteiger partial charge in [-0.1, -0.05) is 146 Å². The van der Waals surface area contributed by atoms with E-state index in [1.54, 1.807) is 95.9 Å². The van der Waals surface area contributed by atoms with E-state index >= 15 is 38.4 Å². The molecule has 2 fully saturated rings. The average Bonchev–Trinajstić information content (AvgIpc) is 1.08. The number of aliphatic hydroxyl groups excluding tert-OH is 3. The fourth-order valence-corrected chi connectivity index (χ4v) is 16.6. The van der Waals surface area contributed by atoms with Crippen LogP contribution in [0.2, 0.25) is 20.1 Å². The normalized spacial score (nSPS) is 25.0. The number of piperidine rings is 1. The quantitative estimate of drug-likeness (QED) is 0.0491. The molecule has 2 saturated heterocycles. The average molecular weight is 1730 g/mol. The molecule has 638 valence electrons. The van der Waals surface area contributed by atoms with E-state index in [0.717, 1.165) is 35.6 Å². The smallest absolute Gasteiger partial charge is 0.245 e. The van der Waals surface area contributed by atoms with Crippen molar-refractivity contribution in [3.8, 4) is 0 Å². The van der Waals surface area contributed by atoms with Crippen LogP contribution in [-0.2, 0) is 99.5 Å². The minimum atomic E-state index is -3.90. The summed E-state index contributed by atoms with van der Waals surface area (Å²) in [6.45, 7) is 9.33. The van der Waals surface area contributed by atoms with E-state index in [2.05, 4.69) is 52.7 Å². The third kappa shape index (κ3) is 26.5. The molecule has 9 amide bonds. The standard InChI is InChI=1S/C86H108Cl4N10O17S/c1-49-77(108)93-66(33-36-118(9,116)117)78(109)95-69(42-55-17-14-21-64(90)40-55)84(115)99(8)71(48-101)80(111)97-76(50(2)102)81(112)94-67(44-57-26-25-56-18-10-11-22-65(56)57)79(110)96-68(41-54-16-13-20-63(89)39-54)83(114)98(7)70(43-52-23-28-61(87)29-24-52)73(105)47-86(91,51(3)103)74(106)45-59(37-53-15-12-19-62(88)38-53)72(104)30-27-58(46-75(107)92-49)82(113)100-34-31-60(32-35-100)85(4,5)6/h10-24,26,28-29,38-40,49-51,58-60,66-71,76,101-103H,25,27,30-37,41-48,91H2,1-9H3,(H,92,107)(H,93,108)(H,94,112)(H,95,109)(H,96,110)(H,97,111)/t49-,50+,51+,58-,59+,66-,67-,68-,69-,70-,71-,76-,86+/m0/s1. The highest BCUT2D eigenvalue weighted by atomic mass is 35.5. The molecule has 2 heterocycles. The molecular weight excluding hydrogens is 1620 g/mol. The van der Waals surface area contributed by atoms with Gasteiger partial charge in [-0.25, -0.2) is 8.42 Å². The second-order valence-corrected chi connectivity index (χ2v) is 36.5. The number of likely N-dealkylation sites (N-methyl/N-ethyl adjacent to an activating group) is 2. The summed E-state index contributed by atoms with van der Waals surface area (Å²) in [5.74, 6) is -14.4. The minimum absolute atomic E-state index is 0.114. The number of carbonyl (C=O) groups excluding carboxylic acids is 12. The Labute approximate surface area is 708 Å². The molecule has 0 bridgehead atoms. The zero-order chi connectivity index (χ0) is 86.8. The fraction of sp³-hybridized carbons (Fsp3) is 0.488. The van der Waals surface area contributed by atoms with Crippen LogP contribution in [0.15, 0.2) is 127 Å². The van der Waals surface area contributed by atoms with E-state index < -0.39 is 203 Å². The molecule has 11 N–H and O–H groups in total. The van der Waals surface area contributed by atoms with Crippen molar-refractivity contribution in [2.24, 2.45) is 28.9 Å². The fourth-order valence-electron chi connectivity index (χ4n) is 15.2. The third-order valence-corrected chi connectivity index (χ3v) is 24.4. The number of Topliss-reactive ketones (excluding diaryl/α,β-unsaturated/α-hetero) is 3. The van der Waals surface area contributed by atoms with Crippen LogP contribution >= 0.6 is 46.4 Å². The first kappa shape index (κ1) is 94.5.